The number of ether oxygens (including phenoxy) is 1. The van der Waals surface area contributed by atoms with Crippen molar-refractivity contribution in [3.63, 3.8) is 0 Å². The minimum atomic E-state index is -0.454. The fourth-order valence-electron chi connectivity index (χ4n) is 2.93. The van der Waals surface area contributed by atoms with Crippen molar-refractivity contribution < 1.29 is 13.9 Å². The number of hydrogen-bond donors (Lipinski definition) is 2. The van der Waals surface area contributed by atoms with Crippen molar-refractivity contribution in [3.8, 4) is 5.75 Å². The molecule has 4 rings (SSSR count). The van der Waals surface area contributed by atoms with Crippen LogP contribution < -0.4 is 15.4 Å². The molecule has 0 bridgehead atoms. The minimum Gasteiger partial charge on any atom is -0.483 e. The van der Waals surface area contributed by atoms with E-state index in [1.165, 1.54) is 0 Å². The summed E-state index contributed by atoms with van der Waals surface area (Å²) in [5, 5.41) is 8.16. The number of nitrogens with one attached hydrogen (secondary N) is 2. The predicted molar refractivity (Wildman–Crippen MR) is 117 cm³/mol. The van der Waals surface area contributed by atoms with Crippen LogP contribution >= 0.6 is 46.1 Å². The van der Waals surface area contributed by atoms with Gasteiger partial charge in [-0.15, -0.1) is 11.3 Å². The Labute approximate surface area is 186 Å². The van der Waals surface area contributed by atoms with Crippen molar-refractivity contribution in [1.29, 1.82) is 0 Å². The third-order valence-electron chi connectivity index (χ3n) is 4.40. The van der Waals surface area contributed by atoms with Gasteiger partial charge in [0.05, 0.1) is 15.6 Å². The van der Waals surface area contributed by atoms with Gasteiger partial charge in [0, 0.05) is 9.90 Å². The molecule has 29 heavy (non-hydrogen) atoms. The van der Waals surface area contributed by atoms with Crippen LogP contribution in [0.1, 0.15) is 52.7 Å². The first kappa shape index (κ1) is 20.4. The maximum atomic E-state index is 12.5. The maximum absolute atomic E-state index is 12.5. The SMILES string of the molecule is CC(C)c1cc2c(s1)NC(c1ccc(COc3c(Cl)cc(Cl)cc3Cl)o1)NC2=O. The van der Waals surface area contributed by atoms with Crippen molar-refractivity contribution in [2.75, 3.05) is 5.32 Å². The third kappa shape index (κ3) is 4.21. The summed E-state index contributed by atoms with van der Waals surface area (Å²) < 4.78 is 11.6. The van der Waals surface area contributed by atoms with Crippen molar-refractivity contribution in [1.82, 2.24) is 5.32 Å². The Bertz CT molecular complexity index is 1050. The van der Waals surface area contributed by atoms with Gasteiger partial charge in [0.15, 0.2) is 11.9 Å². The fraction of sp³-hybridized carbons (Fsp3) is 0.250. The van der Waals surface area contributed by atoms with E-state index < -0.39 is 6.17 Å². The first-order valence-corrected chi connectivity index (χ1v) is 10.8. The van der Waals surface area contributed by atoms with Gasteiger partial charge >= 0.3 is 0 Å². The van der Waals surface area contributed by atoms with Crippen molar-refractivity contribution in [3.05, 3.63) is 67.4 Å². The molecule has 1 unspecified atom stereocenters. The normalized spacial score (nSPS) is 15.8. The average molecular weight is 472 g/mol. The lowest BCUT2D eigenvalue weighted by Crippen LogP contribution is -2.37. The van der Waals surface area contributed by atoms with E-state index in [0.717, 1.165) is 9.88 Å². The molecule has 1 aromatic carbocycles. The number of anilines is 1. The van der Waals surface area contributed by atoms with E-state index in [-0.39, 0.29) is 12.5 Å². The van der Waals surface area contributed by atoms with E-state index in [0.29, 0.717) is 43.8 Å². The zero-order chi connectivity index (χ0) is 20.7. The predicted octanol–water partition coefficient (Wildman–Crippen LogP) is 6.86. The Morgan fingerprint density at radius 3 is 2.55 bits per heavy atom. The summed E-state index contributed by atoms with van der Waals surface area (Å²) in [5.74, 6) is 1.72. The zero-order valence-corrected chi connectivity index (χ0v) is 18.6. The molecule has 0 aliphatic carbocycles. The van der Waals surface area contributed by atoms with Crippen molar-refractivity contribution in [2.45, 2.75) is 32.5 Å². The topological polar surface area (TPSA) is 63.5 Å². The van der Waals surface area contributed by atoms with Crippen LogP contribution in [-0.2, 0) is 6.61 Å². The summed E-state index contributed by atoms with van der Waals surface area (Å²) >= 11 is 19.8. The maximum Gasteiger partial charge on any atom is 0.256 e. The molecule has 5 nitrogen and oxygen atoms in total. The van der Waals surface area contributed by atoms with Crippen LogP contribution in [-0.4, -0.2) is 5.91 Å². The van der Waals surface area contributed by atoms with Crippen LogP contribution in [0.15, 0.2) is 34.7 Å². The molecule has 3 aromatic rings. The number of thiophene rings is 1. The molecule has 152 valence electrons. The molecule has 0 fully saturated rings. The highest BCUT2D eigenvalue weighted by Gasteiger charge is 2.29. The van der Waals surface area contributed by atoms with Crippen molar-refractivity contribution in [2.24, 2.45) is 0 Å². The second kappa shape index (κ2) is 8.11. The van der Waals surface area contributed by atoms with Crippen LogP contribution in [0.5, 0.6) is 5.75 Å². The van der Waals surface area contributed by atoms with Gasteiger partial charge in [-0.3, -0.25) is 4.79 Å². The lowest BCUT2D eigenvalue weighted by atomic mass is 10.1. The van der Waals surface area contributed by atoms with Gasteiger partial charge in [0.25, 0.3) is 5.91 Å². The lowest BCUT2D eigenvalue weighted by Gasteiger charge is -2.23. The summed E-state index contributed by atoms with van der Waals surface area (Å²) in [4.78, 5) is 13.6. The van der Waals surface area contributed by atoms with E-state index in [4.69, 9.17) is 44.0 Å². The van der Waals surface area contributed by atoms with Gasteiger partial charge < -0.3 is 19.8 Å². The molecule has 1 amide bonds. The summed E-state index contributed by atoms with van der Waals surface area (Å²) in [6, 6.07) is 8.63. The Morgan fingerprint density at radius 1 is 1.14 bits per heavy atom. The van der Waals surface area contributed by atoms with Gasteiger partial charge in [-0.1, -0.05) is 48.7 Å². The molecule has 0 spiro atoms. The number of carbonyl (C=O) groups is 1. The highest BCUT2D eigenvalue weighted by molar-refractivity contribution is 7.16. The van der Waals surface area contributed by atoms with Crippen LogP contribution in [0.4, 0.5) is 5.00 Å². The molecular formula is C20H17Cl3N2O3S. The summed E-state index contributed by atoms with van der Waals surface area (Å²) in [6.45, 7) is 4.33. The summed E-state index contributed by atoms with van der Waals surface area (Å²) in [7, 11) is 0. The Kier molecular flexibility index (Phi) is 5.71. The molecule has 0 radical (unpaired) electrons. The second-order valence-corrected chi connectivity index (χ2v) is 9.22. The molecule has 9 heteroatoms. The van der Waals surface area contributed by atoms with Crippen LogP contribution in [0.25, 0.3) is 0 Å². The average Bonchev–Trinajstić information content (AvgIpc) is 3.27. The number of furan rings is 1. The van der Waals surface area contributed by atoms with Gasteiger partial charge in [-0.25, -0.2) is 0 Å². The highest BCUT2D eigenvalue weighted by atomic mass is 35.5. The quantitative estimate of drug-likeness (QED) is 0.427. The molecule has 0 saturated heterocycles. The molecule has 1 aliphatic heterocycles. The van der Waals surface area contributed by atoms with E-state index >= 15 is 0 Å². The van der Waals surface area contributed by atoms with E-state index in [1.807, 2.05) is 6.07 Å². The smallest absolute Gasteiger partial charge is 0.256 e. The molecule has 0 saturated carbocycles. The standard InChI is InChI=1S/C20H17Cl3N2O3S/c1-9(2)16-7-12-19(26)24-18(25-20(12)29-16)15-4-3-11(28-15)8-27-17-13(22)5-10(21)6-14(17)23/h3-7,9,18,25H,8H2,1-2H3,(H,24,26). The Morgan fingerprint density at radius 2 is 1.86 bits per heavy atom. The van der Waals surface area contributed by atoms with Crippen molar-refractivity contribution >= 4 is 57.0 Å². The van der Waals surface area contributed by atoms with E-state index in [1.54, 1.807) is 35.6 Å². The summed E-state index contributed by atoms with van der Waals surface area (Å²) in [5.41, 5.74) is 0.664. The first-order chi connectivity index (χ1) is 13.8. The lowest BCUT2D eigenvalue weighted by molar-refractivity contribution is 0.0931. The Hall–Kier alpha value is -1.86. The minimum absolute atomic E-state index is 0.124. The number of fused-ring (bicyclic) bond motifs is 1. The first-order valence-electron chi connectivity index (χ1n) is 8.89. The number of rotatable bonds is 5. The zero-order valence-electron chi connectivity index (χ0n) is 15.5. The molecule has 3 heterocycles. The third-order valence-corrected chi connectivity index (χ3v) is 6.55. The number of amides is 1. The molecule has 2 aromatic heterocycles. The van der Waals surface area contributed by atoms with Crippen LogP contribution in [0.3, 0.4) is 0 Å². The van der Waals surface area contributed by atoms with Crippen LogP contribution in [0.2, 0.25) is 15.1 Å². The van der Waals surface area contributed by atoms with E-state index in [9.17, 15) is 4.79 Å². The monoisotopic (exact) mass is 470 g/mol. The number of carbonyl (C=O) groups excluding carboxylic acids is 1. The number of benzene rings is 1. The van der Waals surface area contributed by atoms with Gasteiger partial charge in [-0.2, -0.15) is 0 Å². The van der Waals surface area contributed by atoms with E-state index in [2.05, 4.69) is 24.5 Å². The van der Waals surface area contributed by atoms with Gasteiger partial charge in [0.1, 0.15) is 23.1 Å². The molecular weight excluding hydrogens is 455 g/mol. The van der Waals surface area contributed by atoms with Gasteiger partial charge in [-0.05, 0) is 36.2 Å². The largest absolute Gasteiger partial charge is 0.483 e. The number of halogens is 3. The Balaban J connectivity index is 1.47. The fourth-order valence-corrected chi connectivity index (χ4v) is 4.94. The highest BCUT2D eigenvalue weighted by Crippen LogP contribution is 2.38. The second-order valence-electron chi connectivity index (χ2n) is 6.89. The summed E-state index contributed by atoms with van der Waals surface area (Å²) in [6.07, 6.45) is -0.454. The van der Waals surface area contributed by atoms with Gasteiger partial charge in [0.2, 0.25) is 0 Å². The van der Waals surface area contributed by atoms with Crippen LogP contribution in [0, 0.1) is 0 Å². The molecule has 1 atom stereocenters. The molecule has 1 aliphatic rings. The number of hydrogen-bond acceptors (Lipinski definition) is 5. The molecule has 2 N–H and O–H groups in total.